The number of unbranched alkanes of at least 4 members (excludes halogenated alkanes) is 1. The summed E-state index contributed by atoms with van der Waals surface area (Å²) in [6.07, 6.45) is 4.58. The molecule has 5 nitrogen and oxygen atoms in total. The maximum absolute atomic E-state index is 11.4. The van der Waals surface area contributed by atoms with Crippen molar-refractivity contribution in [2.75, 3.05) is 19.6 Å². The fourth-order valence-corrected chi connectivity index (χ4v) is 1.52. The molecule has 0 saturated carbocycles. The van der Waals surface area contributed by atoms with Crippen molar-refractivity contribution < 1.29 is 9.59 Å². The van der Waals surface area contributed by atoms with Crippen LogP contribution in [0.4, 0.5) is 0 Å². The van der Waals surface area contributed by atoms with E-state index in [2.05, 4.69) is 24.5 Å². The number of hydrogen-bond donors (Lipinski definition) is 3. The van der Waals surface area contributed by atoms with Gasteiger partial charge in [-0.05, 0) is 12.3 Å². The first-order valence-corrected chi connectivity index (χ1v) is 6.37. The van der Waals surface area contributed by atoms with E-state index in [1.165, 1.54) is 12.8 Å². The van der Waals surface area contributed by atoms with Gasteiger partial charge >= 0.3 is 0 Å². The third kappa shape index (κ3) is 8.68. The Balaban J connectivity index is 3.69. The van der Waals surface area contributed by atoms with Crippen molar-refractivity contribution in [3.63, 3.8) is 0 Å². The van der Waals surface area contributed by atoms with E-state index in [0.717, 1.165) is 12.8 Å². The first kappa shape index (κ1) is 15.9. The van der Waals surface area contributed by atoms with Gasteiger partial charge in [-0.2, -0.15) is 0 Å². The minimum absolute atomic E-state index is 0.0141. The molecule has 0 heterocycles. The molecule has 0 spiro atoms. The molecule has 1 unspecified atom stereocenters. The van der Waals surface area contributed by atoms with E-state index in [0.29, 0.717) is 12.5 Å². The Hall–Kier alpha value is -1.10. The Bertz CT molecular complexity index is 232. The molecule has 1 atom stereocenters. The first-order chi connectivity index (χ1) is 8.13. The standard InChI is InChI=1S/C12H25N3O2/c1-3-5-6-10(4-2)8-14-12(17)9-15-11(16)7-13/h10H,3-9,13H2,1-2H3,(H,14,17)(H,15,16). The molecule has 0 aromatic heterocycles. The molecule has 0 fully saturated rings. The second-order valence-corrected chi connectivity index (χ2v) is 4.20. The highest BCUT2D eigenvalue weighted by Crippen LogP contribution is 2.10. The second-order valence-electron chi connectivity index (χ2n) is 4.20. The van der Waals surface area contributed by atoms with Crippen molar-refractivity contribution in [2.45, 2.75) is 39.5 Å². The van der Waals surface area contributed by atoms with Crippen LogP contribution >= 0.6 is 0 Å². The topological polar surface area (TPSA) is 84.2 Å². The third-order valence-corrected chi connectivity index (χ3v) is 2.76. The normalized spacial score (nSPS) is 11.9. The molecule has 0 aromatic carbocycles. The van der Waals surface area contributed by atoms with E-state index in [1.54, 1.807) is 0 Å². The second kappa shape index (κ2) is 10.1. The van der Waals surface area contributed by atoms with Gasteiger partial charge in [-0.3, -0.25) is 9.59 Å². The van der Waals surface area contributed by atoms with Gasteiger partial charge < -0.3 is 16.4 Å². The Labute approximate surface area is 104 Å². The fraction of sp³-hybridized carbons (Fsp3) is 0.833. The van der Waals surface area contributed by atoms with Crippen LogP contribution in [-0.4, -0.2) is 31.4 Å². The van der Waals surface area contributed by atoms with Crippen LogP contribution < -0.4 is 16.4 Å². The largest absolute Gasteiger partial charge is 0.354 e. The van der Waals surface area contributed by atoms with Gasteiger partial charge in [0.05, 0.1) is 13.1 Å². The number of nitrogens with one attached hydrogen (secondary N) is 2. The molecule has 0 aromatic rings. The monoisotopic (exact) mass is 243 g/mol. The molecule has 0 aliphatic carbocycles. The highest BCUT2D eigenvalue weighted by Gasteiger charge is 2.08. The molecule has 100 valence electrons. The number of amides is 2. The molecule has 0 rings (SSSR count). The Morgan fingerprint density at radius 1 is 1.18 bits per heavy atom. The van der Waals surface area contributed by atoms with Crippen molar-refractivity contribution >= 4 is 11.8 Å². The van der Waals surface area contributed by atoms with Gasteiger partial charge in [-0.25, -0.2) is 0 Å². The number of carbonyl (C=O) groups excluding carboxylic acids is 2. The summed E-state index contributed by atoms with van der Waals surface area (Å²) in [7, 11) is 0. The van der Waals surface area contributed by atoms with Crippen molar-refractivity contribution in [1.82, 2.24) is 10.6 Å². The molecule has 17 heavy (non-hydrogen) atoms. The molecule has 0 radical (unpaired) electrons. The molecule has 0 saturated heterocycles. The van der Waals surface area contributed by atoms with Crippen molar-refractivity contribution in [3.05, 3.63) is 0 Å². The van der Waals surface area contributed by atoms with E-state index in [9.17, 15) is 9.59 Å². The number of nitrogens with two attached hydrogens (primary N) is 1. The number of hydrogen-bond acceptors (Lipinski definition) is 3. The maximum atomic E-state index is 11.4. The van der Waals surface area contributed by atoms with Crippen LogP contribution in [-0.2, 0) is 9.59 Å². The van der Waals surface area contributed by atoms with Crippen LogP contribution in [0.1, 0.15) is 39.5 Å². The summed E-state index contributed by atoms with van der Waals surface area (Å²) in [6, 6.07) is 0. The smallest absolute Gasteiger partial charge is 0.239 e. The quantitative estimate of drug-likeness (QED) is 0.548. The molecule has 5 heteroatoms. The van der Waals surface area contributed by atoms with Crippen molar-refractivity contribution in [1.29, 1.82) is 0 Å². The molecule has 2 amide bonds. The average Bonchev–Trinajstić information content (AvgIpc) is 2.36. The summed E-state index contributed by atoms with van der Waals surface area (Å²) in [5.41, 5.74) is 5.11. The van der Waals surface area contributed by atoms with Crippen LogP contribution in [0.15, 0.2) is 0 Å². The molecular formula is C12H25N3O2. The molecule has 0 aliphatic heterocycles. The zero-order chi connectivity index (χ0) is 13.1. The predicted octanol–water partition coefficient (Wildman–Crippen LogP) is 0.394. The highest BCUT2D eigenvalue weighted by atomic mass is 16.2. The van der Waals surface area contributed by atoms with Crippen LogP contribution in [0.5, 0.6) is 0 Å². The van der Waals surface area contributed by atoms with Crippen LogP contribution in [0.2, 0.25) is 0 Å². The summed E-state index contributed by atoms with van der Waals surface area (Å²) >= 11 is 0. The van der Waals surface area contributed by atoms with Gasteiger partial charge in [0.1, 0.15) is 0 Å². The summed E-state index contributed by atoms with van der Waals surface area (Å²) in [5.74, 6) is 0.0732. The van der Waals surface area contributed by atoms with Crippen molar-refractivity contribution in [3.8, 4) is 0 Å². The molecule has 0 aliphatic rings. The van der Waals surface area contributed by atoms with Crippen LogP contribution in [0.25, 0.3) is 0 Å². The van der Waals surface area contributed by atoms with E-state index in [-0.39, 0.29) is 24.9 Å². The van der Waals surface area contributed by atoms with Gasteiger partial charge in [0, 0.05) is 6.54 Å². The molecule has 0 bridgehead atoms. The Morgan fingerprint density at radius 2 is 1.88 bits per heavy atom. The summed E-state index contributed by atoms with van der Waals surface area (Å²) in [4.78, 5) is 22.2. The van der Waals surface area contributed by atoms with Gasteiger partial charge in [-0.15, -0.1) is 0 Å². The molecular weight excluding hydrogens is 218 g/mol. The van der Waals surface area contributed by atoms with Crippen LogP contribution in [0, 0.1) is 5.92 Å². The van der Waals surface area contributed by atoms with Gasteiger partial charge in [0.2, 0.25) is 11.8 Å². The van der Waals surface area contributed by atoms with E-state index in [4.69, 9.17) is 5.73 Å². The van der Waals surface area contributed by atoms with Crippen LogP contribution in [0.3, 0.4) is 0 Å². The highest BCUT2D eigenvalue weighted by molar-refractivity contribution is 5.85. The van der Waals surface area contributed by atoms with Gasteiger partial charge in [0.25, 0.3) is 0 Å². The third-order valence-electron chi connectivity index (χ3n) is 2.76. The maximum Gasteiger partial charge on any atom is 0.239 e. The molecule has 4 N–H and O–H groups in total. The summed E-state index contributed by atoms with van der Waals surface area (Å²) in [5, 5.41) is 5.27. The van der Waals surface area contributed by atoms with E-state index in [1.807, 2.05) is 0 Å². The fourth-order valence-electron chi connectivity index (χ4n) is 1.52. The van der Waals surface area contributed by atoms with E-state index >= 15 is 0 Å². The lowest BCUT2D eigenvalue weighted by Crippen LogP contribution is -2.40. The predicted molar refractivity (Wildman–Crippen MR) is 68.4 cm³/mol. The minimum atomic E-state index is -0.307. The summed E-state index contributed by atoms with van der Waals surface area (Å²) in [6.45, 7) is 4.91. The van der Waals surface area contributed by atoms with E-state index < -0.39 is 0 Å². The average molecular weight is 243 g/mol. The van der Waals surface area contributed by atoms with Gasteiger partial charge in [-0.1, -0.05) is 33.1 Å². The lowest BCUT2D eigenvalue weighted by Gasteiger charge is -2.15. The summed E-state index contributed by atoms with van der Waals surface area (Å²) < 4.78 is 0. The number of rotatable bonds is 9. The lowest BCUT2D eigenvalue weighted by molar-refractivity contribution is -0.125. The van der Waals surface area contributed by atoms with Crippen molar-refractivity contribution in [2.24, 2.45) is 11.7 Å². The SMILES string of the molecule is CCCCC(CC)CNC(=O)CNC(=O)CN. The first-order valence-electron chi connectivity index (χ1n) is 6.37. The zero-order valence-electron chi connectivity index (χ0n) is 10.9. The Kier molecular flexibility index (Phi) is 9.43. The lowest BCUT2D eigenvalue weighted by atomic mass is 9.99. The Morgan fingerprint density at radius 3 is 2.41 bits per heavy atom. The zero-order valence-corrected chi connectivity index (χ0v) is 10.9. The minimum Gasteiger partial charge on any atom is -0.354 e. The number of carbonyl (C=O) groups is 2. The van der Waals surface area contributed by atoms with Gasteiger partial charge in [0.15, 0.2) is 0 Å².